The van der Waals surface area contributed by atoms with Crippen LogP contribution in [0.15, 0.2) is 17.0 Å². The lowest BCUT2D eigenvalue weighted by Crippen LogP contribution is -1.97. The van der Waals surface area contributed by atoms with Crippen LogP contribution >= 0.6 is 23.4 Å². The van der Waals surface area contributed by atoms with Crippen molar-refractivity contribution >= 4 is 34.7 Å². The predicted molar refractivity (Wildman–Crippen MR) is 110 cm³/mol. The summed E-state index contributed by atoms with van der Waals surface area (Å²) in [4.78, 5) is 11.5. The highest BCUT2D eigenvalue weighted by Gasteiger charge is 2.16. The second-order valence-corrected chi connectivity index (χ2v) is 7.88. The summed E-state index contributed by atoms with van der Waals surface area (Å²) in [5.41, 5.74) is 0.538. The number of benzene rings is 1. The third-order valence-corrected chi connectivity index (χ3v) is 5.84. The number of halogens is 1. The molecule has 0 aliphatic rings. The monoisotopic (exact) mass is 386 g/mol. The molecule has 0 aromatic heterocycles. The van der Waals surface area contributed by atoms with Gasteiger partial charge in [-0.3, -0.25) is 10.1 Å². The number of hydrogen-bond donors (Lipinski definition) is 1. The third-order valence-electron chi connectivity index (χ3n) is 4.27. The molecule has 25 heavy (non-hydrogen) atoms. The number of anilines is 1. The summed E-state index contributed by atoms with van der Waals surface area (Å²) in [5, 5.41) is 14.3. The number of rotatable bonds is 14. The summed E-state index contributed by atoms with van der Waals surface area (Å²) in [6.07, 6.45) is 13.2. The predicted octanol–water partition coefficient (Wildman–Crippen LogP) is 7.30. The highest BCUT2D eigenvalue weighted by Crippen LogP contribution is 2.36. The van der Waals surface area contributed by atoms with Gasteiger partial charge in [0.1, 0.15) is 5.69 Å². The molecule has 0 saturated carbocycles. The summed E-state index contributed by atoms with van der Waals surface area (Å²) < 4.78 is 0. The molecule has 0 unspecified atom stereocenters. The minimum Gasteiger partial charge on any atom is -0.383 e. The number of nitro groups is 1. The number of unbranched alkanes of at least 4 members (excludes halogenated alkanes) is 9. The van der Waals surface area contributed by atoms with Gasteiger partial charge in [0, 0.05) is 18.0 Å². The Labute approximate surface area is 161 Å². The summed E-state index contributed by atoms with van der Waals surface area (Å²) in [5.74, 6) is 0.997. The van der Waals surface area contributed by atoms with Crippen LogP contribution < -0.4 is 5.32 Å². The molecule has 0 heterocycles. The van der Waals surface area contributed by atoms with Gasteiger partial charge >= 0.3 is 0 Å². The van der Waals surface area contributed by atoms with E-state index in [1.54, 1.807) is 24.9 Å². The highest BCUT2D eigenvalue weighted by atomic mass is 35.5. The van der Waals surface area contributed by atoms with Gasteiger partial charge < -0.3 is 5.32 Å². The van der Waals surface area contributed by atoms with Crippen molar-refractivity contribution in [2.75, 3.05) is 18.1 Å². The molecule has 142 valence electrons. The Morgan fingerprint density at radius 1 is 1.04 bits per heavy atom. The molecule has 0 fully saturated rings. The van der Waals surface area contributed by atoms with Crippen LogP contribution in [0.25, 0.3) is 0 Å². The Balaban J connectivity index is 2.21. The fourth-order valence-electron chi connectivity index (χ4n) is 2.78. The lowest BCUT2D eigenvalue weighted by molar-refractivity contribution is -0.384. The fourth-order valence-corrected chi connectivity index (χ4v) is 4.06. The first-order valence-corrected chi connectivity index (χ1v) is 10.7. The average Bonchev–Trinajstić information content (AvgIpc) is 2.60. The van der Waals surface area contributed by atoms with Gasteiger partial charge in [0.05, 0.1) is 9.95 Å². The second-order valence-electron chi connectivity index (χ2n) is 6.34. The first-order valence-electron chi connectivity index (χ1n) is 9.38. The van der Waals surface area contributed by atoms with Gasteiger partial charge in [-0.1, -0.05) is 76.3 Å². The fraction of sp³-hybridized carbons (Fsp3) is 0.684. The molecule has 0 saturated heterocycles. The van der Waals surface area contributed by atoms with Crippen LogP contribution in [0.4, 0.5) is 11.4 Å². The van der Waals surface area contributed by atoms with Gasteiger partial charge in [0.15, 0.2) is 0 Å². The molecule has 0 aliphatic carbocycles. The van der Waals surface area contributed by atoms with Crippen LogP contribution in [-0.2, 0) is 0 Å². The molecular weight excluding hydrogens is 356 g/mol. The highest BCUT2D eigenvalue weighted by molar-refractivity contribution is 7.99. The van der Waals surface area contributed by atoms with Crippen molar-refractivity contribution in [1.82, 2.24) is 0 Å². The van der Waals surface area contributed by atoms with Crippen molar-refractivity contribution in [1.29, 1.82) is 0 Å². The SMILES string of the molecule is CCCCCCCCCCCCSc1cc(NC)c([N+](=O)[O-])cc1Cl. The molecule has 0 amide bonds. The molecule has 0 spiro atoms. The summed E-state index contributed by atoms with van der Waals surface area (Å²) in [7, 11) is 1.69. The maximum atomic E-state index is 11.0. The van der Waals surface area contributed by atoms with Crippen LogP contribution in [0.5, 0.6) is 0 Å². The number of hydrogen-bond acceptors (Lipinski definition) is 4. The van der Waals surface area contributed by atoms with Crippen molar-refractivity contribution in [3.8, 4) is 0 Å². The smallest absolute Gasteiger partial charge is 0.293 e. The Morgan fingerprint density at radius 3 is 2.12 bits per heavy atom. The van der Waals surface area contributed by atoms with Crippen molar-refractivity contribution in [2.24, 2.45) is 0 Å². The van der Waals surface area contributed by atoms with Crippen LogP contribution in [0.3, 0.4) is 0 Å². The van der Waals surface area contributed by atoms with E-state index in [9.17, 15) is 10.1 Å². The Bertz CT molecular complexity index is 526. The standard InChI is InChI=1S/C19H31ClN2O2S/c1-3-4-5-6-7-8-9-10-11-12-13-25-19-15-17(21-2)18(22(23)24)14-16(19)20/h14-15,21H,3-13H2,1-2H3. The molecule has 1 aromatic carbocycles. The van der Waals surface area contributed by atoms with E-state index in [-0.39, 0.29) is 5.69 Å². The van der Waals surface area contributed by atoms with Gasteiger partial charge in [-0.25, -0.2) is 0 Å². The van der Waals surface area contributed by atoms with Crippen LogP contribution in [0.1, 0.15) is 71.1 Å². The average molecular weight is 387 g/mol. The van der Waals surface area contributed by atoms with Crippen LogP contribution in [0.2, 0.25) is 5.02 Å². The third kappa shape index (κ3) is 8.82. The van der Waals surface area contributed by atoms with E-state index in [1.807, 2.05) is 0 Å². The molecule has 1 rings (SSSR count). The zero-order valence-electron chi connectivity index (χ0n) is 15.5. The zero-order valence-corrected chi connectivity index (χ0v) is 17.1. The molecule has 6 heteroatoms. The maximum absolute atomic E-state index is 11.0. The Kier molecular flexibility index (Phi) is 11.7. The lowest BCUT2D eigenvalue weighted by atomic mass is 10.1. The van der Waals surface area contributed by atoms with E-state index in [4.69, 9.17) is 11.6 Å². The zero-order chi connectivity index (χ0) is 18.5. The van der Waals surface area contributed by atoms with Crippen molar-refractivity contribution < 1.29 is 4.92 Å². The molecule has 4 nitrogen and oxygen atoms in total. The topological polar surface area (TPSA) is 55.2 Å². The maximum Gasteiger partial charge on any atom is 0.293 e. The van der Waals surface area contributed by atoms with E-state index < -0.39 is 4.92 Å². The number of nitrogens with zero attached hydrogens (tertiary/aromatic N) is 1. The quantitative estimate of drug-likeness (QED) is 0.158. The van der Waals surface area contributed by atoms with Crippen LogP contribution in [-0.4, -0.2) is 17.7 Å². The normalized spacial score (nSPS) is 10.8. The molecule has 0 atom stereocenters. The second kappa shape index (κ2) is 13.3. The van der Waals surface area contributed by atoms with E-state index in [0.29, 0.717) is 10.7 Å². The summed E-state index contributed by atoms with van der Waals surface area (Å²) >= 11 is 7.86. The summed E-state index contributed by atoms with van der Waals surface area (Å²) in [6.45, 7) is 2.25. The Hall–Kier alpha value is -0.940. The van der Waals surface area contributed by atoms with E-state index in [0.717, 1.165) is 17.1 Å². The van der Waals surface area contributed by atoms with Crippen molar-refractivity contribution in [2.45, 2.75) is 76.0 Å². The first-order chi connectivity index (χ1) is 12.1. The largest absolute Gasteiger partial charge is 0.383 e. The molecule has 1 aromatic rings. The van der Waals surface area contributed by atoms with Gasteiger partial charge in [0.25, 0.3) is 5.69 Å². The Morgan fingerprint density at radius 2 is 1.60 bits per heavy atom. The minimum absolute atomic E-state index is 0.0239. The van der Waals surface area contributed by atoms with Gasteiger partial charge in [-0.2, -0.15) is 0 Å². The molecular formula is C19H31ClN2O2S. The van der Waals surface area contributed by atoms with E-state index in [1.165, 1.54) is 63.9 Å². The van der Waals surface area contributed by atoms with Crippen LogP contribution in [0, 0.1) is 10.1 Å². The number of nitrogens with one attached hydrogen (secondary N) is 1. The van der Waals surface area contributed by atoms with Gasteiger partial charge in [0.2, 0.25) is 0 Å². The summed E-state index contributed by atoms with van der Waals surface area (Å²) in [6, 6.07) is 3.22. The molecule has 0 aliphatic heterocycles. The van der Waals surface area contributed by atoms with Gasteiger partial charge in [-0.05, 0) is 18.2 Å². The van der Waals surface area contributed by atoms with Crippen molar-refractivity contribution in [3.63, 3.8) is 0 Å². The van der Waals surface area contributed by atoms with Gasteiger partial charge in [-0.15, -0.1) is 11.8 Å². The molecule has 0 bridgehead atoms. The number of nitro benzene ring substituents is 1. The molecule has 0 radical (unpaired) electrons. The lowest BCUT2D eigenvalue weighted by Gasteiger charge is -2.08. The van der Waals surface area contributed by atoms with E-state index >= 15 is 0 Å². The van der Waals surface area contributed by atoms with Crippen molar-refractivity contribution in [3.05, 3.63) is 27.3 Å². The first kappa shape index (κ1) is 22.1. The minimum atomic E-state index is -0.408. The molecule has 1 N–H and O–H groups in total. The van der Waals surface area contributed by atoms with E-state index in [2.05, 4.69) is 12.2 Å². The number of thioether (sulfide) groups is 1.